The van der Waals surface area contributed by atoms with Crippen molar-refractivity contribution in [3.8, 4) is 0 Å². The Morgan fingerprint density at radius 1 is 1.42 bits per heavy atom. The Morgan fingerprint density at radius 3 is 2.32 bits per heavy atom. The molecule has 0 aliphatic carbocycles. The lowest BCUT2D eigenvalue weighted by atomic mass is 9.90. The second-order valence-corrected chi connectivity index (χ2v) is 7.58. The van der Waals surface area contributed by atoms with Gasteiger partial charge >= 0.3 is 19.5 Å². The number of carbonyl (C=O) groups excluding carboxylic acids is 2. The van der Waals surface area contributed by atoms with E-state index in [0.29, 0.717) is 0 Å². The van der Waals surface area contributed by atoms with Crippen LogP contribution in [0.25, 0.3) is 0 Å². The topological polar surface area (TPSA) is 88.1 Å². The fourth-order valence-corrected chi connectivity index (χ4v) is 2.77. The van der Waals surface area contributed by atoms with Crippen LogP contribution >= 0.6 is 7.60 Å². The molecular weight excluding hydrogens is 275 g/mol. The number of ether oxygens (including phenoxy) is 2. The zero-order chi connectivity index (χ0) is 14.8. The van der Waals surface area contributed by atoms with Crippen LogP contribution in [0.1, 0.15) is 20.8 Å². The summed E-state index contributed by atoms with van der Waals surface area (Å²) >= 11 is 0. The summed E-state index contributed by atoms with van der Waals surface area (Å²) in [6, 6.07) is 0. The summed E-state index contributed by atoms with van der Waals surface area (Å²) in [4.78, 5) is 23.4. The molecule has 0 spiro atoms. The molecule has 1 rings (SSSR count). The van der Waals surface area contributed by atoms with Gasteiger partial charge in [-0.15, -0.1) is 0 Å². The minimum Gasteiger partial charge on any atom is -0.462 e. The third-order valence-electron chi connectivity index (χ3n) is 3.07. The van der Waals surface area contributed by atoms with Crippen LogP contribution in [0.4, 0.5) is 0 Å². The summed E-state index contributed by atoms with van der Waals surface area (Å²) in [5, 5.41) is 0. The molecule has 0 bridgehead atoms. The molecule has 2 atom stereocenters. The first-order chi connectivity index (χ1) is 8.68. The third kappa shape index (κ3) is 3.16. The van der Waals surface area contributed by atoms with Gasteiger partial charge in [0.1, 0.15) is 6.61 Å². The largest absolute Gasteiger partial charge is 0.462 e. The van der Waals surface area contributed by atoms with E-state index >= 15 is 0 Å². The Balaban J connectivity index is 2.80. The summed E-state index contributed by atoms with van der Waals surface area (Å²) in [5.74, 6) is -1.42. The van der Waals surface area contributed by atoms with E-state index in [2.05, 4.69) is 0 Å². The summed E-state index contributed by atoms with van der Waals surface area (Å²) in [7, 11) is -1.21. The molecule has 1 unspecified atom stereocenters. The fourth-order valence-electron chi connectivity index (χ4n) is 1.67. The second kappa shape index (κ2) is 5.61. The van der Waals surface area contributed by atoms with Crippen molar-refractivity contribution in [1.29, 1.82) is 0 Å². The summed E-state index contributed by atoms with van der Waals surface area (Å²) in [6.07, 6.45) is -1.01. The second-order valence-electron chi connectivity index (χ2n) is 4.99. The average molecular weight is 294 g/mol. The van der Waals surface area contributed by atoms with E-state index in [9.17, 15) is 14.2 Å². The van der Waals surface area contributed by atoms with E-state index in [-0.39, 0.29) is 6.61 Å². The Labute approximate surface area is 112 Å². The predicted octanol–water partition coefficient (Wildman–Crippen LogP) is 1.36. The van der Waals surface area contributed by atoms with Gasteiger partial charge in [-0.25, -0.2) is 4.79 Å². The molecule has 0 aromatic rings. The van der Waals surface area contributed by atoms with Gasteiger partial charge in [0.15, 0.2) is 5.66 Å². The molecule has 1 saturated heterocycles. The van der Waals surface area contributed by atoms with E-state index in [1.807, 2.05) is 0 Å². The highest BCUT2D eigenvalue weighted by molar-refractivity contribution is 7.55. The van der Waals surface area contributed by atoms with Crippen molar-refractivity contribution in [2.24, 2.45) is 5.41 Å². The van der Waals surface area contributed by atoms with Crippen molar-refractivity contribution < 1.29 is 32.7 Å². The van der Waals surface area contributed by atoms with Crippen molar-refractivity contribution in [2.45, 2.75) is 32.5 Å². The smallest absolute Gasteiger partial charge is 0.348 e. The SMILES string of the molecule is COP(=O)(OC)C(C)C(=O)O[C@@H]1C(=O)OCC1(C)C. The zero-order valence-corrected chi connectivity index (χ0v) is 12.6. The molecule has 1 heterocycles. The van der Waals surface area contributed by atoms with Crippen LogP contribution in [-0.4, -0.2) is 44.5 Å². The van der Waals surface area contributed by atoms with E-state index in [1.165, 1.54) is 21.1 Å². The minimum absolute atomic E-state index is 0.171. The van der Waals surface area contributed by atoms with Gasteiger partial charge in [0.05, 0.1) is 0 Å². The number of hydrogen-bond acceptors (Lipinski definition) is 7. The van der Waals surface area contributed by atoms with Gasteiger partial charge in [-0.3, -0.25) is 9.36 Å². The van der Waals surface area contributed by atoms with Crippen molar-refractivity contribution in [1.82, 2.24) is 0 Å². The van der Waals surface area contributed by atoms with Crippen LogP contribution in [0.5, 0.6) is 0 Å². The summed E-state index contributed by atoms with van der Waals surface area (Å²) in [6.45, 7) is 5.02. The van der Waals surface area contributed by atoms with Gasteiger partial charge in [0, 0.05) is 19.6 Å². The molecule has 110 valence electrons. The molecule has 1 aliphatic heterocycles. The van der Waals surface area contributed by atoms with Gasteiger partial charge in [-0.1, -0.05) is 13.8 Å². The maximum atomic E-state index is 12.0. The molecular formula is C11H19O7P. The number of cyclic esters (lactones) is 1. The van der Waals surface area contributed by atoms with E-state index < -0.39 is 36.7 Å². The Hall–Kier alpha value is -0.910. The molecule has 0 aromatic carbocycles. The van der Waals surface area contributed by atoms with E-state index in [4.69, 9.17) is 18.5 Å². The van der Waals surface area contributed by atoms with Crippen molar-refractivity contribution >= 4 is 19.5 Å². The Morgan fingerprint density at radius 2 is 1.95 bits per heavy atom. The summed E-state index contributed by atoms with van der Waals surface area (Å²) < 4.78 is 31.5. The highest BCUT2D eigenvalue weighted by Crippen LogP contribution is 2.52. The van der Waals surface area contributed by atoms with Crippen molar-refractivity contribution in [3.05, 3.63) is 0 Å². The van der Waals surface area contributed by atoms with Crippen molar-refractivity contribution in [3.63, 3.8) is 0 Å². The van der Waals surface area contributed by atoms with Crippen LogP contribution in [0.15, 0.2) is 0 Å². The molecule has 7 nitrogen and oxygen atoms in total. The number of hydrogen-bond donors (Lipinski definition) is 0. The fraction of sp³-hybridized carbons (Fsp3) is 0.818. The molecule has 19 heavy (non-hydrogen) atoms. The first-order valence-electron chi connectivity index (χ1n) is 5.76. The minimum atomic E-state index is -3.57. The number of rotatable bonds is 5. The quantitative estimate of drug-likeness (QED) is 0.558. The highest BCUT2D eigenvalue weighted by atomic mass is 31.2. The van der Waals surface area contributed by atoms with Gasteiger partial charge in [-0.05, 0) is 6.92 Å². The molecule has 0 saturated carbocycles. The first-order valence-corrected chi connectivity index (χ1v) is 7.37. The molecule has 1 aliphatic rings. The van der Waals surface area contributed by atoms with Crippen LogP contribution in [0, 0.1) is 5.41 Å². The highest BCUT2D eigenvalue weighted by Gasteiger charge is 2.48. The lowest BCUT2D eigenvalue weighted by Crippen LogP contribution is -2.37. The zero-order valence-electron chi connectivity index (χ0n) is 11.7. The lowest BCUT2D eigenvalue weighted by molar-refractivity contribution is -0.162. The third-order valence-corrected chi connectivity index (χ3v) is 5.25. The van der Waals surface area contributed by atoms with Crippen LogP contribution < -0.4 is 0 Å². The standard InChI is InChI=1S/C11H19O7P/c1-7(19(14,15-4)16-5)9(12)18-8-10(13)17-6-11(8,2)3/h7-8H,6H2,1-5H3/t7?,8-/m1/s1. The monoisotopic (exact) mass is 294 g/mol. The number of carbonyl (C=O) groups is 2. The maximum absolute atomic E-state index is 12.0. The Kier molecular flexibility index (Phi) is 4.76. The molecule has 8 heteroatoms. The van der Waals surface area contributed by atoms with Gasteiger partial charge in [0.25, 0.3) is 0 Å². The summed E-state index contributed by atoms with van der Waals surface area (Å²) in [5.41, 5.74) is -1.73. The van der Waals surface area contributed by atoms with Gasteiger partial charge < -0.3 is 18.5 Å². The predicted molar refractivity (Wildman–Crippen MR) is 65.7 cm³/mol. The van der Waals surface area contributed by atoms with Crippen LogP contribution in [0.2, 0.25) is 0 Å². The van der Waals surface area contributed by atoms with Crippen LogP contribution in [0.3, 0.4) is 0 Å². The van der Waals surface area contributed by atoms with E-state index in [1.54, 1.807) is 13.8 Å². The van der Waals surface area contributed by atoms with Gasteiger partial charge in [0.2, 0.25) is 6.10 Å². The van der Waals surface area contributed by atoms with Crippen LogP contribution in [-0.2, 0) is 32.7 Å². The molecule has 0 aromatic heterocycles. The maximum Gasteiger partial charge on any atom is 0.348 e. The lowest BCUT2D eigenvalue weighted by Gasteiger charge is -2.25. The first kappa shape index (κ1) is 16.1. The number of esters is 2. The average Bonchev–Trinajstić information content (AvgIpc) is 2.63. The Bertz CT molecular complexity index is 409. The molecule has 0 amide bonds. The normalized spacial score (nSPS) is 23.8. The van der Waals surface area contributed by atoms with Gasteiger partial charge in [-0.2, -0.15) is 0 Å². The van der Waals surface area contributed by atoms with Crippen molar-refractivity contribution in [2.75, 3.05) is 20.8 Å². The molecule has 0 N–H and O–H groups in total. The molecule has 0 radical (unpaired) electrons. The molecule has 1 fully saturated rings. The van der Waals surface area contributed by atoms with E-state index in [0.717, 1.165) is 0 Å².